The zero-order valence-electron chi connectivity index (χ0n) is 11.2. The highest BCUT2D eigenvalue weighted by Crippen LogP contribution is 2.28. The molecule has 1 aromatic rings. The minimum atomic E-state index is 0.390. The lowest BCUT2D eigenvalue weighted by atomic mass is 9.93. The van der Waals surface area contributed by atoms with Crippen molar-refractivity contribution in [3.63, 3.8) is 0 Å². The lowest BCUT2D eigenvalue weighted by Crippen LogP contribution is -2.33. The molecule has 0 aliphatic carbocycles. The van der Waals surface area contributed by atoms with Crippen LogP contribution in [0.1, 0.15) is 25.3 Å². The molecule has 0 aliphatic heterocycles. The fraction of sp³-hybridized carbons (Fsp3) is 0.571. The maximum absolute atomic E-state index is 5.39. The van der Waals surface area contributed by atoms with Gasteiger partial charge in [0.1, 0.15) is 5.75 Å². The maximum Gasteiger partial charge on any atom is 0.122 e. The summed E-state index contributed by atoms with van der Waals surface area (Å²) in [4.78, 5) is 0. The summed E-state index contributed by atoms with van der Waals surface area (Å²) in [5, 5.41) is 3.45. The first kappa shape index (κ1) is 14.0. The lowest BCUT2D eigenvalue weighted by Gasteiger charge is -2.23. The molecule has 1 aromatic carbocycles. The number of para-hydroxylation sites is 1. The zero-order chi connectivity index (χ0) is 12.7. The molecule has 0 saturated carbocycles. The third-order valence-electron chi connectivity index (χ3n) is 3.15. The van der Waals surface area contributed by atoms with Crippen LogP contribution < -0.4 is 10.1 Å². The first-order valence-electron chi connectivity index (χ1n) is 6.06. The van der Waals surface area contributed by atoms with E-state index in [0.717, 1.165) is 18.9 Å². The fourth-order valence-corrected chi connectivity index (χ4v) is 1.88. The highest BCUT2D eigenvalue weighted by atomic mass is 16.5. The second-order valence-corrected chi connectivity index (χ2v) is 4.27. The molecule has 0 aliphatic rings. The van der Waals surface area contributed by atoms with Gasteiger partial charge >= 0.3 is 0 Å². The van der Waals surface area contributed by atoms with Crippen molar-refractivity contribution in [2.75, 3.05) is 27.4 Å². The Labute approximate surface area is 104 Å². The van der Waals surface area contributed by atoms with Crippen LogP contribution in [0, 0.1) is 0 Å². The molecule has 0 spiro atoms. The van der Waals surface area contributed by atoms with Gasteiger partial charge in [0, 0.05) is 19.7 Å². The van der Waals surface area contributed by atoms with Crippen LogP contribution >= 0.6 is 0 Å². The van der Waals surface area contributed by atoms with Crippen LogP contribution in [0.4, 0.5) is 0 Å². The molecule has 0 heterocycles. The molecule has 0 bridgehead atoms. The molecule has 0 saturated heterocycles. The van der Waals surface area contributed by atoms with Crippen molar-refractivity contribution >= 4 is 0 Å². The summed E-state index contributed by atoms with van der Waals surface area (Å²) in [5.74, 6) is 1.36. The van der Waals surface area contributed by atoms with Crippen LogP contribution in [0.5, 0.6) is 5.75 Å². The predicted octanol–water partition coefficient (Wildman–Crippen LogP) is 2.42. The second kappa shape index (κ2) is 7.30. The summed E-state index contributed by atoms with van der Waals surface area (Å²) in [6.45, 7) is 6.01. The van der Waals surface area contributed by atoms with Crippen LogP contribution in [0.15, 0.2) is 24.3 Å². The summed E-state index contributed by atoms with van der Waals surface area (Å²) in [5.41, 5.74) is 1.24. The quantitative estimate of drug-likeness (QED) is 0.739. The van der Waals surface area contributed by atoms with Crippen molar-refractivity contribution in [3.8, 4) is 5.75 Å². The average Bonchev–Trinajstić information content (AvgIpc) is 2.38. The number of rotatable bonds is 7. The number of methoxy groups -OCH3 is 2. The Kier molecular flexibility index (Phi) is 6.01. The second-order valence-electron chi connectivity index (χ2n) is 4.27. The van der Waals surface area contributed by atoms with E-state index in [1.54, 1.807) is 14.2 Å². The Hall–Kier alpha value is -1.06. The van der Waals surface area contributed by atoms with Crippen molar-refractivity contribution in [2.45, 2.75) is 25.8 Å². The van der Waals surface area contributed by atoms with Crippen LogP contribution in [0.25, 0.3) is 0 Å². The van der Waals surface area contributed by atoms with Gasteiger partial charge in [-0.05, 0) is 24.5 Å². The third-order valence-corrected chi connectivity index (χ3v) is 3.15. The fourth-order valence-electron chi connectivity index (χ4n) is 1.88. The molecule has 96 valence electrons. The van der Waals surface area contributed by atoms with E-state index in [2.05, 4.69) is 31.3 Å². The van der Waals surface area contributed by atoms with Crippen molar-refractivity contribution in [1.29, 1.82) is 0 Å². The summed E-state index contributed by atoms with van der Waals surface area (Å²) < 4.78 is 10.4. The summed E-state index contributed by atoms with van der Waals surface area (Å²) >= 11 is 0. The first-order valence-corrected chi connectivity index (χ1v) is 6.06. The third kappa shape index (κ3) is 4.02. The lowest BCUT2D eigenvalue weighted by molar-refractivity contribution is 0.195. The van der Waals surface area contributed by atoms with Crippen LogP contribution in [-0.2, 0) is 4.74 Å². The summed E-state index contributed by atoms with van der Waals surface area (Å²) in [6.07, 6.45) is 0. The monoisotopic (exact) mass is 237 g/mol. The van der Waals surface area contributed by atoms with Gasteiger partial charge in [-0.2, -0.15) is 0 Å². The Bertz CT molecular complexity index is 328. The Balaban J connectivity index is 2.64. The molecule has 3 heteroatoms. The highest BCUT2D eigenvalue weighted by molar-refractivity contribution is 5.36. The van der Waals surface area contributed by atoms with Crippen LogP contribution in [0.3, 0.4) is 0 Å². The molecule has 1 rings (SSSR count). The number of hydrogen-bond donors (Lipinski definition) is 1. The van der Waals surface area contributed by atoms with E-state index in [9.17, 15) is 0 Å². The van der Waals surface area contributed by atoms with Gasteiger partial charge < -0.3 is 14.8 Å². The Morgan fingerprint density at radius 2 is 1.88 bits per heavy atom. The van der Waals surface area contributed by atoms with Crippen LogP contribution in [0.2, 0.25) is 0 Å². The topological polar surface area (TPSA) is 30.5 Å². The van der Waals surface area contributed by atoms with Gasteiger partial charge in [-0.3, -0.25) is 0 Å². The normalized spacial score (nSPS) is 14.4. The smallest absolute Gasteiger partial charge is 0.122 e. The molecular weight excluding hydrogens is 214 g/mol. The number of benzene rings is 1. The van der Waals surface area contributed by atoms with E-state index in [-0.39, 0.29) is 0 Å². The van der Waals surface area contributed by atoms with Gasteiger partial charge in [-0.25, -0.2) is 0 Å². The van der Waals surface area contributed by atoms with Crippen molar-refractivity contribution in [2.24, 2.45) is 0 Å². The van der Waals surface area contributed by atoms with Crippen molar-refractivity contribution in [3.05, 3.63) is 29.8 Å². The van der Waals surface area contributed by atoms with Gasteiger partial charge in [-0.1, -0.05) is 25.1 Å². The van der Waals surface area contributed by atoms with Gasteiger partial charge in [0.15, 0.2) is 0 Å². The largest absolute Gasteiger partial charge is 0.496 e. The minimum Gasteiger partial charge on any atom is -0.496 e. The SMILES string of the molecule is COCCNC(C)C(C)c1ccccc1OC. The molecule has 17 heavy (non-hydrogen) atoms. The van der Waals surface area contributed by atoms with Gasteiger partial charge in [-0.15, -0.1) is 0 Å². The minimum absolute atomic E-state index is 0.390. The number of nitrogens with one attached hydrogen (secondary N) is 1. The average molecular weight is 237 g/mol. The summed E-state index contributed by atoms with van der Waals surface area (Å²) in [7, 11) is 3.44. The van der Waals surface area contributed by atoms with Crippen LogP contribution in [-0.4, -0.2) is 33.4 Å². The Morgan fingerprint density at radius 1 is 1.18 bits per heavy atom. The first-order chi connectivity index (χ1) is 8.20. The van der Waals surface area contributed by atoms with E-state index in [0.29, 0.717) is 12.0 Å². The van der Waals surface area contributed by atoms with E-state index in [1.165, 1.54) is 5.56 Å². The van der Waals surface area contributed by atoms with Crippen molar-refractivity contribution in [1.82, 2.24) is 5.32 Å². The van der Waals surface area contributed by atoms with E-state index >= 15 is 0 Å². The van der Waals surface area contributed by atoms with E-state index < -0.39 is 0 Å². The number of ether oxygens (including phenoxy) is 2. The number of hydrogen-bond acceptors (Lipinski definition) is 3. The van der Waals surface area contributed by atoms with Gasteiger partial charge in [0.25, 0.3) is 0 Å². The van der Waals surface area contributed by atoms with Gasteiger partial charge in [0.05, 0.1) is 13.7 Å². The standard InChI is InChI=1S/C14H23NO2/c1-11(12(2)15-9-10-16-3)13-7-5-6-8-14(13)17-4/h5-8,11-12,15H,9-10H2,1-4H3. The predicted molar refractivity (Wildman–Crippen MR) is 70.7 cm³/mol. The molecule has 0 amide bonds. The van der Waals surface area contributed by atoms with E-state index in [1.807, 2.05) is 12.1 Å². The molecule has 2 unspecified atom stereocenters. The molecule has 1 N–H and O–H groups in total. The van der Waals surface area contributed by atoms with E-state index in [4.69, 9.17) is 9.47 Å². The maximum atomic E-state index is 5.39. The molecule has 3 nitrogen and oxygen atoms in total. The molecular formula is C14H23NO2. The zero-order valence-corrected chi connectivity index (χ0v) is 11.2. The van der Waals surface area contributed by atoms with Gasteiger partial charge in [0.2, 0.25) is 0 Å². The highest BCUT2D eigenvalue weighted by Gasteiger charge is 2.16. The molecule has 2 atom stereocenters. The molecule has 0 aromatic heterocycles. The molecule has 0 fully saturated rings. The Morgan fingerprint density at radius 3 is 2.53 bits per heavy atom. The van der Waals surface area contributed by atoms with Crippen molar-refractivity contribution < 1.29 is 9.47 Å². The summed E-state index contributed by atoms with van der Waals surface area (Å²) in [6, 6.07) is 8.57. The molecule has 0 radical (unpaired) electrons.